The Morgan fingerprint density at radius 3 is 2.82 bits per heavy atom. The lowest BCUT2D eigenvalue weighted by atomic mass is 10.1. The summed E-state index contributed by atoms with van der Waals surface area (Å²) >= 11 is 0. The summed E-state index contributed by atoms with van der Waals surface area (Å²) in [6.45, 7) is 7.12. The number of nitrogens with one attached hydrogen (secondary N) is 1. The number of aromatic nitrogens is 2. The van der Waals surface area contributed by atoms with Crippen LogP contribution >= 0.6 is 0 Å². The second-order valence-corrected chi connectivity index (χ2v) is 4.90. The monoisotopic (exact) mass is 240 g/mol. The first-order valence-corrected chi connectivity index (χ1v) is 6.26. The van der Waals surface area contributed by atoms with Gasteiger partial charge in [0.25, 0.3) is 0 Å². The SMILES string of the molecule is CNCCCN(C)Cc1noc(CC(C)C)n1. The Hall–Kier alpha value is -0.940. The molecule has 0 saturated carbocycles. The van der Waals surface area contributed by atoms with Gasteiger partial charge >= 0.3 is 0 Å². The molecule has 1 N–H and O–H groups in total. The molecule has 0 aliphatic rings. The molecule has 0 fully saturated rings. The third-order valence-electron chi connectivity index (χ3n) is 2.47. The van der Waals surface area contributed by atoms with Crippen molar-refractivity contribution >= 4 is 0 Å². The quantitative estimate of drug-likeness (QED) is 0.694. The molecular weight excluding hydrogens is 216 g/mol. The molecule has 5 heteroatoms. The maximum Gasteiger partial charge on any atom is 0.226 e. The number of hydrogen-bond donors (Lipinski definition) is 1. The summed E-state index contributed by atoms with van der Waals surface area (Å²) in [5.74, 6) is 2.09. The van der Waals surface area contributed by atoms with Gasteiger partial charge in [-0.3, -0.25) is 4.90 Å². The fourth-order valence-electron chi connectivity index (χ4n) is 1.63. The Labute approximate surface area is 104 Å². The maximum atomic E-state index is 5.20. The Morgan fingerprint density at radius 2 is 2.18 bits per heavy atom. The minimum absolute atomic E-state index is 0.552. The molecule has 0 atom stereocenters. The van der Waals surface area contributed by atoms with Crippen molar-refractivity contribution in [1.82, 2.24) is 20.4 Å². The Balaban J connectivity index is 2.32. The lowest BCUT2D eigenvalue weighted by molar-refractivity contribution is 0.301. The molecule has 1 rings (SSSR count). The van der Waals surface area contributed by atoms with E-state index in [1.165, 1.54) is 0 Å². The topological polar surface area (TPSA) is 54.2 Å². The fourth-order valence-corrected chi connectivity index (χ4v) is 1.63. The van der Waals surface area contributed by atoms with Crippen molar-refractivity contribution in [2.45, 2.75) is 33.2 Å². The summed E-state index contributed by atoms with van der Waals surface area (Å²) in [7, 11) is 4.05. The van der Waals surface area contributed by atoms with E-state index >= 15 is 0 Å². The molecule has 0 aromatic carbocycles. The molecule has 0 unspecified atom stereocenters. The number of rotatable bonds is 8. The van der Waals surface area contributed by atoms with Gasteiger partial charge in [0.2, 0.25) is 5.89 Å². The third-order valence-corrected chi connectivity index (χ3v) is 2.47. The van der Waals surface area contributed by atoms with Gasteiger partial charge in [0, 0.05) is 6.42 Å². The molecule has 1 aromatic rings. The van der Waals surface area contributed by atoms with Crippen molar-refractivity contribution in [2.75, 3.05) is 27.2 Å². The third kappa shape index (κ3) is 5.79. The Kier molecular flexibility index (Phi) is 6.15. The predicted octanol–water partition coefficient (Wildman–Crippen LogP) is 1.31. The predicted molar refractivity (Wildman–Crippen MR) is 67.7 cm³/mol. The lowest BCUT2D eigenvalue weighted by Crippen LogP contribution is -2.23. The zero-order valence-corrected chi connectivity index (χ0v) is 11.4. The van der Waals surface area contributed by atoms with Crippen molar-refractivity contribution in [3.05, 3.63) is 11.7 Å². The molecule has 17 heavy (non-hydrogen) atoms. The highest BCUT2D eigenvalue weighted by molar-refractivity contribution is 4.87. The first-order valence-electron chi connectivity index (χ1n) is 6.26. The number of hydrogen-bond acceptors (Lipinski definition) is 5. The minimum atomic E-state index is 0.552. The van der Waals surface area contributed by atoms with Crippen molar-refractivity contribution in [3.8, 4) is 0 Å². The van der Waals surface area contributed by atoms with Crippen LogP contribution in [0.25, 0.3) is 0 Å². The van der Waals surface area contributed by atoms with Gasteiger partial charge in [-0.2, -0.15) is 4.98 Å². The van der Waals surface area contributed by atoms with Gasteiger partial charge in [-0.1, -0.05) is 19.0 Å². The summed E-state index contributed by atoms with van der Waals surface area (Å²) in [5.41, 5.74) is 0. The van der Waals surface area contributed by atoms with Crippen LogP contribution in [0.5, 0.6) is 0 Å². The fraction of sp³-hybridized carbons (Fsp3) is 0.833. The second-order valence-electron chi connectivity index (χ2n) is 4.90. The Morgan fingerprint density at radius 1 is 1.41 bits per heavy atom. The lowest BCUT2D eigenvalue weighted by Gasteiger charge is -2.13. The van der Waals surface area contributed by atoms with Crippen LogP contribution < -0.4 is 5.32 Å². The largest absolute Gasteiger partial charge is 0.339 e. The van der Waals surface area contributed by atoms with Gasteiger partial charge in [0.15, 0.2) is 5.82 Å². The second kappa shape index (κ2) is 7.40. The van der Waals surface area contributed by atoms with E-state index < -0.39 is 0 Å². The molecule has 1 heterocycles. The maximum absolute atomic E-state index is 5.20. The number of nitrogens with zero attached hydrogens (tertiary/aromatic N) is 3. The first-order chi connectivity index (χ1) is 8.11. The van der Waals surface area contributed by atoms with Crippen LogP contribution in [-0.2, 0) is 13.0 Å². The van der Waals surface area contributed by atoms with Gasteiger partial charge in [0.1, 0.15) is 0 Å². The molecule has 0 amide bonds. The van der Waals surface area contributed by atoms with E-state index in [-0.39, 0.29) is 0 Å². The molecule has 98 valence electrons. The van der Waals surface area contributed by atoms with Crippen LogP contribution in [0, 0.1) is 5.92 Å². The van der Waals surface area contributed by atoms with Crippen LogP contribution in [0.4, 0.5) is 0 Å². The van der Waals surface area contributed by atoms with Crippen molar-refractivity contribution in [3.63, 3.8) is 0 Å². The smallest absolute Gasteiger partial charge is 0.226 e. The van der Waals surface area contributed by atoms with Crippen LogP contribution in [0.3, 0.4) is 0 Å². The summed E-state index contributed by atoms with van der Waals surface area (Å²) in [5, 5.41) is 7.13. The van der Waals surface area contributed by atoms with E-state index in [0.29, 0.717) is 5.92 Å². The van der Waals surface area contributed by atoms with Gasteiger partial charge in [-0.05, 0) is 39.5 Å². The minimum Gasteiger partial charge on any atom is -0.339 e. The van der Waals surface area contributed by atoms with E-state index in [1.54, 1.807) is 0 Å². The molecule has 0 aliphatic heterocycles. The molecule has 0 spiro atoms. The molecule has 0 aliphatic carbocycles. The van der Waals surface area contributed by atoms with Gasteiger partial charge in [-0.25, -0.2) is 0 Å². The highest BCUT2D eigenvalue weighted by atomic mass is 16.5. The zero-order chi connectivity index (χ0) is 12.7. The van der Waals surface area contributed by atoms with Gasteiger partial charge < -0.3 is 9.84 Å². The summed E-state index contributed by atoms with van der Waals surface area (Å²) in [6.07, 6.45) is 1.99. The molecule has 1 aromatic heterocycles. The summed E-state index contributed by atoms with van der Waals surface area (Å²) < 4.78 is 5.20. The highest BCUT2D eigenvalue weighted by Crippen LogP contribution is 2.06. The van der Waals surface area contributed by atoms with Crippen molar-refractivity contribution < 1.29 is 4.52 Å². The average Bonchev–Trinajstić information content (AvgIpc) is 2.64. The highest BCUT2D eigenvalue weighted by Gasteiger charge is 2.09. The van der Waals surface area contributed by atoms with Gasteiger partial charge in [0.05, 0.1) is 6.54 Å². The van der Waals surface area contributed by atoms with Crippen LogP contribution in [-0.4, -0.2) is 42.2 Å². The van der Waals surface area contributed by atoms with Crippen LogP contribution in [0.2, 0.25) is 0 Å². The molecule has 0 saturated heterocycles. The summed E-state index contributed by atoms with van der Waals surface area (Å²) in [6, 6.07) is 0. The first kappa shape index (κ1) is 14.1. The molecule has 5 nitrogen and oxygen atoms in total. The normalized spacial score (nSPS) is 11.6. The van der Waals surface area contributed by atoms with E-state index in [1.807, 2.05) is 7.05 Å². The van der Waals surface area contributed by atoms with E-state index in [9.17, 15) is 0 Å². The average molecular weight is 240 g/mol. The molecule has 0 radical (unpaired) electrons. The van der Waals surface area contributed by atoms with Crippen LogP contribution in [0.15, 0.2) is 4.52 Å². The standard InChI is InChI=1S/C12H24N4O/c1-10(2)8-12-14-11(15-17-12)9-16(4)7-5-6-13-3/h10,13H,5-9H2,1-4H3. The Bertz CT molecular complexity index is 311. The van der Waals surface area contributed by atoms with Crippen molar-refractivity contribution in [2.24, 2.45) is 5.92 Å². The van der Waals surface area contributed by atoms with E-state index in [2.05, 4.69) is 41.3 Å². The molecular formula is C12H24N4O. The van der Waals surface area contributed by atoms with Crippen molar-refractivity contribution in [1.29, 1.82) is 0 Å². The van der Waals surface area contributed by atoms with E-state index in [0.717, 1.165) is 44.2 Å². The summed E-state index contributed by atoms with van der Waals surface area (Å²) in [4.78, 5) is 6.59. The molecule has 0 bridgehead atoms. The van der Waals surface area contributed by atoms with Crippen LogP contribution in [0.1, 0.15) is 32.0 Å². The van der Waals surface area contributed by atoms with Gasteiger partial charge in [-0.15, -0.1) is 0 Å². The zero-order valence-electron chi connectivity index (χ0n) is 11.4. The van der Waals surface area contributed by atoms with E-state index in [4.69, 9.17) is 4.52 Å².